The molecule has 0 atom stereocenters. The maximum atomic E-state index is 13.7. The lowest BCUT2D eigenvalue weighted by atomic mass is 10.1. The van der Waals surface area contributed by atoms with Crippen LogP contribution in [0, 0.1) is 0 Å². The Balaban J connectivity index is 1.75. The van der Waals surface area contributed by atoms with Crippen LogP contribution < -0.4 is 5.32 Å². The van der Waals surface area contributed by atoms with E-state index in [0.717, 1.165) is 6.07 Å². The van der Waals surface area contributed by atoms with Crippen molar-refractivity contribution in [2.45, 2.75) is 13.1 Å². The van der Waals surface area contributed by atoms with Crippen LogP contribution in [-0.2, 0) is 6.18 Å². The van der Waals surface area contributed by atoms with E-state index >= 15 is 0 Å². The van der Waals surface area contributed by atoms with Crippen LogP contribution in [0.5, 0.6) is 0 Å². The van der Waals surface area contributed by atoms with Gasteiger partial charge in [0.1, 0.15) is 0 Å². The van der Waals surface area contributed by atoms with Gasteiger partial charge in [0.25, 0.3) is 5.91 Å². The second-order valence-corrected chi connectivity index (χ2v) is 7.36. The minimum absolute atomic E-state index is 0.0579. The average Bonchev–Trinajstić information content (AvgIpc) is 3.17. The van der Waals surface area contributed by atoms with Crippen molar-refractivity contribution in [1.82, 2.24) is 14.6 Å². The van der Waals surface area contributed by atoms with Crippen molar-refractivity contribution in [3.8, 4) is 11.3 Å². The number of nitrogens with zero attached hydrogens (tertiary/aromatic N) is 3. The summed E-state index contributed by atoms with van der Waals surface area (Å²) in [5.41, 5.74) is -0.308. The van der Waals surface area contributed by atoms with Crippen molar-refractivity contribution in [2.75, 3.05) is 5.32 Å². The van der Waals surface area contributed by atoms with Crippen molar-refractivity contribution in [3.05, 3.63) is 82.6 Å². The Bertz CT molecular complexity index is 1350. The number of alkyl halides is 3. The van der Waals surface area contributed by atoms with E-state index in [1.807, 2.05) is 0 Å². The standard InChI is InChI=1S/C22H14ClF3N4O2/c1-12(31)14-3-2-4-16(9-14)27-21(32)18-11-20-28-17(13-5-7-15(23)8-6-13)10-19(22(24,25)26)30(20)29-18/h2-11H,1H3,(H,27,32). The Morgan fingerprint density at radius 1 is 1.03 bits per heavy atom. The van der Waals surface area contributed by atoms with Crippen LogP contribution in [0.3, 0.4) is 0 Å². The van der Waals surface area contributed by atoms with Crippen LogP contribution in [0.2, 0.25) is 5.02 Å². The Morgan fingerprint density at radius 2 is 1.75 bits per heavy atom. The monoisotopic (exact) mass is 458 g/mol. The van der Waals surface area contributed by atoms with Crippen LogP contribution in [-0.4, -0.2) is 26.3 Å². The van der Waals surface area contributed by atoms with E-state index in [4.69, 9.17) is 11.6 Å². The summed E-state index contributed by atoms with van der Waals surface area (Å²) in [6.07, 6.45) is -4.74. The highest BCUT2D eigenvalue weighted by molar-refractivity contribution is 6.30. The van der Waals surface area contributed by atoms with Crippen molar-refractivity contribution in [3.63, 3.8) is 0 Å². The lowest BCUT2D eigenvalue weighted by molar-refractivity contribution is -0.142. The first-order chi connectivity index (χ1) is 15.1. The summed E-state index contributed by atoms with van der Waals surface area (Å²) in [7, 11) is 0. The van der Waals surface area contributed by atoms with Crippen LogP contribution in [0.25, 0.3) is 16.9 Å². The third-order valence-corrected chi connectivity index (χ3v) is 4.87. The van der Waals surface area contributed by atoms with E-state index in [0.29, 0.717) is 26.4 Å². The Morgan fingerprint density at radius 3 is 2.41 bits per heavy atom. The molecule has 0 aliphatic heterocycles. The first-order valence-electron chi connectivity index (χ1n) is 9.28. The molecule has 0 aliphatic carbocycles. The number of anilines is 1. The van der Waals surface area contributed by atoms with Crippen LogP contribution >= 0.6 is 11.6 Å². The summed E-state index contributed by atoms with van der Waals surface area (Å²) in [5.74, 6) is -0.931. The highest BCUT2D eigenvalue weighted by Crippen LogP contribution is 2.32. The largest absolute Gasteiger partial charge is 0.433 e. The zero-order valence-electron chi connectivity index (χ0n) is 16.4. The predicted molar refractivity (Wildman–Crippen MR) is 113 cm³/mol. The van der Waals surface area contributed by atoms with Crippen molar-refractivity contribution < 1.29 is 22.8 Å². The number of benzene rings is 2. The highest BCUT2D eigenvalue weighted by Gasteiger charge is 2.35. The van der Waals surface area contributed by atoms with Crippen molar-refractivity contribution >= 4 is 34.6 Å². The third kappa shape index (κ3) is 4.33. The van der Waals surface area contributed by atoms with Gasteiger partial charge in [0.05, 0.1) is 5.69 Å². The number of aromatic nitrogens is 3. The number of halogens is 4. The molecule has 0 saturated heterocycles. The maximum absolute atomic E-state index is 13.7. The van der Waals surface area contributed by atoms with Gasteiger partial charge in [-0.15, -0.1) is 0 Å². The predicted octanol–water partition coefficient (Wildman–Crippen LogP) is 5.52. The lowest BCUT2D eigenvalue weighted by Gasteiger charge is -2.11. The fourth-order valence-corrected chi connectivity index (χ4v) is 3.19. The van der Waals surface area contributed by atoms with Gasteiger partial charge in [-0.2, -0.15) is 18.3 Å². The second-order valence-electron chi connectivity index (χ2n) is 6.92. The Labute approximate surface area is 184 Å². The molecule has 0 saturated carbocycles. The number of ketones is 1. The number of carbonyl (C=O) groups excluding carboxylic acids is 2. The molecule has 0 bridgehead atoms. The number of hydrogen-bond acceptors (Lipinski definition) is 4. The smallest absolute Gasteiger partial charge is 0.321 e. The van der Waals surface area contributed by atoms with E-state index < -0.39 is 17.8 Å². The molecule has 2 aromatic carbocycles. The molecular formula is C22H14ClF3N4O2. The zero-order chi connectivity index (χ0) is 23.0. The maximum Gasteiger partial charge on any atom is 0.433 e. The molecule has 0 aliphatic rings. The number of carbonyl (C=O) groups is 2. The summed E-state index contributed by atoms with van der Waals surface area (Å²) in [6, 6.07) is 14.4. The van der Waals surface area contributed by atoms with Gasteiger partial charge in [0.15, 0.2) is 22.8 Å². The number of fused-ring (bicyclic) bond motifs is 1. The minimum atomic E-state index is -4.74. The molecule has 1 N–H and O–H groups in total. The molecule has 2 aromatic heterocycles. The first kappa shape index (κ1) is 21.5. The quantitative estimate of drug-likeness (QED) is 0.408. The van der Waals surface area contributed by atoms with Gasteiger partial charge in [-0.1, -0.05) is 35.9 Å². The van der Waals surface area contributed by atoms with E-state index in [2.05, 4.69) is 15.4 Å². The highest BCUT2D eigenvalue weighted by atomic mass is 35.5. The molecular weight excluding hydrogens is 445 g/mol. The van der Waals surface area contributed by atoms with E-state index in [1.165, 1.54) is 19.1 Å². The van der Waals surface area contributed by atoms with Gasteiger partial charge in [0.2, 0.25) is 0 Å². The molecule has 4 aromatic rings. The molecule has 10 heteroatoms. The normalized spacial score (nSPS) is 11.5. The number of nitrogens with one attached hydrogen (secondary N) is 1. The molecule has 0 radical (unpaired) electrons. The average molecular weight is 459 g/mol. The molecule has 162 valence electrons. The fraction of sp³-hybridized carbons (Fsp3) is 0.0909. The summed E-state index contributed by atoms with van der Waals surface area (Å²) in [5, 5.41) is 6.78. The van der Waals surface area contributed by atoms with Gasteiger partial charge in [-0.25, -0.2) is 9.50 Å². The second kappa shape index (κ2) is 8.08. The molecule has 4 rings (SSSR count). The van der Waals surface area contributed by atoms with Gasteiger partial charge in [0, 0.05) is 27.9 Å². The molecule has 2 heterocycles. The number of Topliss-reactive ketones (excluding diaryl/α,β-unsaturated/α-hetero) is 1. The molecule has 0 fully saturated rings. The molecule has 0 unspecified atom stereocenters. The van der Waals surface area contributed by atoms with E-state index in [1.54, 1.807) is 42.5 Å². The summed E-state index contributed by atoms with van der Waals surface area (Å²) in [4.78, 5) is 28.4. The molecule has 1 amide bonds. The minimum Gasteiger partial charge on any atom is -0.321 e. The Hall–Kier alpha value is -3.72. The molecule has 6 nitrogen and oxygen atoms in total. The zero-order valence-corrected chi connectivity index (χ0v) is 17.2. The van der Waals surface area contributed by atoms with E-state index in [9.17, 15) is 22.8 Å². The topological polar surface area (TPSA) is 76.4 Å². The van der Waals surface area contributed by atoms with Crippen LogP contribution in [0.1, 0.15) is 33.5 Å². The van der Waals surface area contributed by atoms with Crippen molar-refractivity contribution in [1.29, 1.82) is 0 Å². The number of amides is 1. The SMILES string of the molecule is CC(=O)c1cccc(NC(=O)c2cc3nc(-c4ccc(Cl)cc4)cc(C(F)(F)F)n3n2)c1. The molecule has 32 heavy (non-hydrogen) atoms. The van der Waals surface area contributed by atoms with Gasteiger partial charge >= 0.3 is 6.18 Å². The summed E-state index contributed by atoms with van der Waals surface area (Å²) in [6.45, 7) is 1.38. The summed E-state index contributed by atoms with van der Waals surface area (Å²) < 4.78 is 41.7. The first-order valence-corrected chi connectivity index (χ1v) is 9.66. The van der Waals surface area contributed by atoms with Crippen LogP contribution in [0.4, 0.5) is 18.9 Å². The molecule has 0 spiro atoms. The Kier molecular flexibility index (Phi) is 5.43. The third-order valence-electron chi connectivity index (χ3n) is 4.62. The van der Waals surface area contributed by atoms with E-state index in [-0.39, 0.29) is 22.8 Å². The number of hydrogen-bond donors (Lipinski definition) is 1. The van der Waals surface area contributed by atoms with Crippen LogP contribution in [0.15, 0.2) is 60.7 Å². The summed E-state index contributed by atoms with van der Waals surface area (Å²) >= 11 is 5.85. The van der Waals surface area contributed by atoms with Crippen molar-refractivity contribution in [2.24, 2.45) is 0 Å². The number of rotatable bonds is 4. The lowest BCUT2D eigenvalue weighted by Crippen LogP contribution is -2.16. The fourth-order valence-electron chi connectivity index (χ4n) is 3.07. The van der Waals surface area contributed by atoms with Gasteiger partial charge in [-0.3, -0.25) is 9.59 Å². The van der Waals surface area contributed by atoms with Gasteiger partial charge < -0.3 is 5.32 Å². The van der Waals surface area contributed by atoms with Gasteiger partial charge in [-0.05, 0) is 37.3 Å².